The molecular formula is C20H23NO3S. The summed E-state index contributed by atoms with van der Waals surface area (Å²) in [6.45, 7) is 4.18. The molecular weight excluding hydrogens is 334 g/mol. The molecule has 4 nitrogen and oxygen atoms in total. The third-order valence-corrected chi connectivity index (χ3v) is 5.62. The van der Waals surface area contributed by atoms with Crippen molar-refractivity contribution in [2.75, 3.05) is 11.9 Å². The van der Waals surface area contributed by atoms with Gasteiger partial charge in [-0.3, -0.25) is 4.79 Å². The molecule has 0 fully saturated rings. The van der Waals surface area contributed by atoms with Crippen LogP contribution in [0.25, 0.3) is 0 Å². The number of carbonyl (C=O) groups is 2. The zero-order valence-electron chi connectivity index (χ0n) is 14.7. The van der Waals surface area contributed by atoms with E-state index in [-0.39, 0.29) is 11.9 Å². The number of anilines is 1. The average Bonchev–Trinajstić information content (AvgIpc) is 3.15. The lowest BCUT2D eigenvalue weighted by Crippen LogP contribution is -2.15. The second-order valence-corrected chi connectivity index (χ2v) is 7.42. The lowest BCUT2D eigenvalue weighted by atomic mass is 10.1. The molecule has 0 aliphatic heterocycles. The number of fused-ring (bicyclic) bond motifs is 1. The molecule has 2 aromatic rings. The van der Waals surface area contributed by atoms with Crippen LogP contribution in [0, 0.1) is 6.92 Å². The van der Waals surface area contributed by atoms with Crippen molar-refractivity contribution in [3.8, 4) is 0 Å². The topological polar surface area (TPSA) is 55.4 Å². The summed E-state index contributed by atoms with van der Waals surface area (Å²) in [5.74, 6) is -0.387. The van der Waals surface area contributed by atoms with Crippen molar-refractivity contribution in [3.63, 3.8) is 0 Å². The molecule has 1 aromatic carbocycles. The minimum absolute atomic E-state index is 0.0638. The maximum absolute atomic E-state index is 12.4. The predicted molar refractivity (Wildman–Crippen MR) is 100 cm³/mol. The summed E-state index contributed by atoms with van der Waals surface area (Å²) in [5, 5.41) is 3.59. The Bertz CT molecular complexity index is 777. The molecule has 132 valence electrons. The first-order valence-corrected chi connectivity index (χ1v) is 9.57. The average molecular weight is 357 g/mol. The number of benzene rings is 1. The molecule has 3 rings (SSSR count). The van der Waals surface area contributed by atoms with E-state index in [1.807, 2.05) is 19.1 Å². The number of aryl methyl sites for hydroxylation is 3. The van der Waals surface area contributed by atoms with Crippen LogP contribution in [0.4, 0.5) is 5.00 Å². The normalized spacial score (nSPS) is 12.7. The van der Waals surface area contributed by atoms with E-state index in [0.717, 1.165) is 30.4 Å². The lowest BCUT2D eigenvalue weighted by Gasteiger charge is -2.08. The van der Waals surface area contributed by atoms with Crippen molar-refractivity contribution < 1.29 is 14.3 Å². The molecule has 25 heavy (non-hydrogen) atoms. The van der Waals surface area contributed by atoms with Crippen LogP contribution in [0.1, 0.15) is 51.7 Å². The third kappa shape index (κ3) is 4.10. The van der Waals surface area contributed by atoms with Crippen LogP contribution in [-0.4, -0.2) is 18.5 Å². The van der Waals surface area contributed by atoms with Gasteiger partial charge in [-0.2, -0.15) is 0 Å². The largest absolute Gasteiger partial charge is 0.462 e. The molecule has 0 saturated carbocycles. The van der Waals surface area contributed by atoms with E-state index in [4.69, 9.17) is 4.74 Å². The number of amides is 1. The molecule has 5 heteroatoms. The van der Waals surface area contributed by atoms with Gasteiger partial charge in [0.15, 0.2) is 0 Å². The van der Waals surface area contributed by atoms with Crippen LogP contribution in [0.15, 0.2) is 24.3 Å². The Labute approximate surface area is 152 Å². The molecule has 1 aromatic heterocycles. The number of thiophene rings is 1. The first-order chi connectivity index (χ1) is 12.1. The molecule has 1 aliphatic rings. The Morgan fingerprint density at radius 3 is 2.68 bits per heavy atom. The SMILES string of the molecule is CCOC(=O)c1c(NC(=O)CCc2ccc(C)cc2)sc2c1CCC2. The summed E-state index contributed by atoms with van der Waals surface area (Å²) in [5.41, 5.74) is 3.99. The van der Waals surface area contributed by atoms with E-state index >= 15 is 0 Å². The van der Waals surface area contributed by atoms with Gasteiger partial charge in [0.05, 0.1) is 12.2 Å². The molecule has 0 radical (unpaired) electrons. The molecule has 0 unspecified atom stereocenters. The zero-order valence-corrected chi connectivity index (χ0v) is 15.5. The van der Waals surface area contributed by atoms with Gasteiger partial charge in [0.25, 0.3) is 0 Å². The predicted octanol–water partition coefficient (Wildman–Crippen LogP) is 4.29. The van der Waals surface area contributed by atoms with Crippen LogP contribution in [0.5, 0.6) is 0 Å². The highest BCUT2D eigenvalue weighted by molar-refractivity contribution is 7.17. The van der Waals surface area contributed by atoms with Gasteiger partial charge < -0.3 is 10.1 Å². The van der Waals surface area contributed by atoms with Crippen molar-refractivity contribution in [2.24, 2.45) is 0 Å². The fourth-order valence-electron chi connectivity index (χ4n) is 3.11. The van der Waals surface area contributed by atoms with Gasteiger partial charge in [-0.15, -0.1) is 11.3 Å². The molecule has 1 heterocycles. The number of nitrogens with one attached hydrogen (secondary N) is 1. The molecule has 1 amide bonds. The summed E-state index contributed by atoms with van der Waals surface area (Å²) in [4.78, 5) is 25.9. The number of rotatable bonds is 6. The van der Waals surface area contributed by atoms with Gasteiger partial charge in [-0.1, -0.05) is 29.8 Å². The van der Waals surface area contributed by atoms with Crippen LogP contribution < -0.4 is 5.32 Å². The Morgan fingerprint density at radius 2 is 1.96 bits per heavy atom. The number of ether oxygens (including phenoxy) is 1. The van der Waals surface area contributed by atoms with E-state index in [0.29, 0.717) is 30.0 Å². The first-order valence-electron chi connectivity index (χ1n) is 8.75. The molecule has 1 aliphatic carbocycles. The molecule has 0 atom stereocenters. The molecule has 0 saturated heterocycles. The Balaban J connectivity index is 1.68. The lowest BCUT2D eigenvalue weighted by molar-refractivity contribution is -0.116. The van der Waals surface area contributed by atoms with Crippen molar-refractivity contribution in [1.29, 1.82) is 0 Å². The van der Waals surface area contributed by atoms with Crippen molar-refractivity contribution >= 4 is 28.2 Å². The summed E-state index contributed by atoms with van der Waals surface area (Å²) in [6, 6.07) is 8.20. The van der Waals surface area contributed by atoms with E-state index in [9.17, 15) is 9.59 Å². The smallest absolute Gasteiger partial charge is 0.341 e. The van der Waals surface area contributed by atoms with Crippen molar-refractivity contribution in [2.45, 2.75) is 46.0 Å². The fourth-order valence-corrected chi connectivity index (χ4v) is 4.41. The summed E-state index contributed by atoms with van der Waals surface area (Å²) >= 11 is 1.52. The van der Waals surface area contributed by atoms with E-state index in [1.54, 1.807) is 6.92 Å². The van der Waals surface area contributed by atoms with Gasteiger partial charge in [-0.05, 0) is 50.7 Å². The molecule has 0 bridgehead atoms. The Hall–Kier alpha value is -2.14. The quantitative estimate of drug-likeness (QED) is 0.785. The van der Waals surface area contributed by atoms with Crippen molar-refractivity contribution in [1.82, 2.24) is 0 Å². The monoisotopic (exact) mass is 357 g/mol. The van der Waals surface area contributed by atoms with Crippen LogP contribution in [0.2, 0.25) is 0 Å². The second kappa shape index (κ2) is 7.83. The van der Waals surface area contributed by atoms with Crippen molar-refractivity contribution in [3.05, 3.63) is 51.4 Å². The van der Waals surface area contributed by atoms with Crippen LogP contribution >= 0.6 is 11.3 Å². The highest BCUT2D eigenvalue weighted by Gasteiger charge is 2.28. The Morgan fingerprint density at radius 1 is 1.20 bits per heavy atom. The van der Waals surface area contributed by atoms with Gasteiger partial charge in [-0.25, -0.2) is 4.79 Å². The highest BCUT2D eigenvalue weighted by Crippen LogP contribution is 2.39. The van der Waals surface area contributed by atoms with Gasteiger partial charge in [0.1, 0.15) is 5.00 Å². The number of esters is 1. The first kappa shape index (κ1) is 17.7. The Kier molecular flexibility index (Phi) is 5.53. The minimum Gasteiger partial charge on any atom is -0.462 e. The van der Waals surface area contributed by atoms with Crippen LogP contribution in [0.3, 0.4) is 0 Å². The molecule has 1 N–H and O–H groups in total. The minimum atomic E-state index is -0.323. The zero-order chi connectivity index (χ0) is 17.8. The van der Waals surface area contributed by atoms with Gasteiger partial charge in [0.2, 0.25) is 5.91 Å². The summed E-state index contributed by atoms with van der Waals surface area (Å²) < 4.78 is 5.19. The maximum Gasteiger partial charge on any atom is 0.341 e. The fraction of sp³-hybridized carbons (Fsp3) is 0.400. The summed E-state index contributed by atoms with van der Waals surface area (Å²) in [6.07, 6.45) is 4.01. The molecule has 0 spiro atoms. The van der Waals surface area contributed by atoms with E-state index in [2.05, 4.69) is 17.4 Å². The van der Waals surface area contributed by atoms with Crippen LogP contribution in [-0.2, 0) is 28.8 Å². The van der Waals surface area contributed by atoms with E-state index < -0.39 is 0 Å². The van der Waals surface area contributed by atoms with E-state index in [1.165, 1.54) is 21.8 Å². The standard InChI is InChI=1S/C20H23NO3S/c1-3-24-20(23)18-15-5-4-6-16(15)25-19(18)21-17(22)12-11-14-9-7-13(2)8-10-14/h7-10H,3-6,11-12H2,1-2H3,(H,21,22). The number of hydrogen-bond donors (Lipinski definition) is 1. The van der Waals surface area contributed by atoms with Gasteiger partial charge in [0, 0.05) is 11.3 Å². The number of hydrogen-bond acceptors (Lipinski definition) is 4. The third-order valence-electron chi connectivity index (χ3n) is 4.42. The maximum atomic E-state index is 12.4. The van der Waals surface area contributed by atoms with Gasteiger partial charge >= 0.3 is 5.97 Å². The second-order valence-electron chi connectivity index (χ2n) is 6.32. The summed E-state index contributed by atoms with van der Waals surface area (Å²) in [7, 11) is 0. The highest BCUT2D eigenvalue weighted by atomic mass is 32.1. The number of carbonyl (C=O) groups excluding carboxylic acids is 2.